The summed E-state index contributed by atoms with van der Waals surface area (Å²) in [6, 6.07) is 7.38. The van der Waals surface area contributed by atoms with E-state index in [4.69, 9.17) is 14.2 Å². The van der Waals surface area contributed by atoms with Crippen LogP contribution in [0.25, 0.3) is 10.9 Å². The summed E-state index contributed by atoms with van der Waals surface area (Å²) in [4.78, 5) is 24.2. The summed E-state index contributed by atoms with van der Waals surface area (Å²) in [7, 11) is 0. The lowest BCUT2D eigenvalue weighted by atomic mass is 10.2. The SMILES string of the molecule is CC(C)(C)OC(=O)OCc1cn(C(=O)OC(C)(C)C)c2ccccc12. The first-order valence-electron chi connectivity index (χ1n) is 8.14. The van der Waals surface area contributed by atoms with Gasteiger partial charge in [0.2, 0.25) is 0 Å². The van der Waals surface area contributed by atoms with E-state index >= 15 is 0 Å². The van der Waals surface area contributed by atoms with Gasteiger partial charge in [-0.1, -0.05) is 18.2 Å². The zero-order valence-electron chi connectivity index (χ0n) is 15.6. The molecule has 1 aromatic heterocycles. The summed E-state index contributed by atoms with van der Waals surface area (Å²) >= 11 is 0. The largest absolute Gasteiger partial charge is 0.509 e. The second-order valence-corrected chi connectivity index (χ2v) is 7.77. The second-order valence-electron chi connectivity index (χ2n) is 7.77. The van der Waals surface area contributed by atoms with E-state index in [0.29, 0.717) is 11.1 Å². The van der Waals surface area contributed by atoms with Crippen LogP contribution in [0.1, 0.15) is 47.1 Å². The van der Waals surface area contributed by atoms with Gasteiger partial charge in [-0.15, -0.1) is 0 Å². The molecule has 0 atom stereocenters. The Bertz CT molecular complexity index is 777. The van der Waals surface area contributed by atoms with Crippen LogP contribution in [0.2, 0.25) is 0 Å². The number of fused-ring (bicyclic) bond motifs is 1. The number of carbonyl (C=O) groups is 2. The average molecular weight is 347 g/mol. The Hall–Kier alpha value is -2.50. The van der Waals surface area contributed by atoms with Gasteiger partial charge in [-0.25, -0.2) is 9.59 Å². The van der Waals surface area contributed by atoms with E-state index in [-0.39, 0.29) is 6.61 Å². The van der Waals surface area contributed by atoms with Crippen LogP contribution in [0.4, 0.5) is 9.59 Å². The standard InChI is InChI=1S/C19H25NO5/c1-18(2,3)24-16(21)20-11-13(14-9-7-8-10-15(14)20)12-23-17(22)25-19(4,5)6/h7-11H,12H2,1-6H3. The molecule has 0 fully saturated rings. The van der Waals surface area contributed by atoms with Crippen molar-refractivity contribution in [2.24, 2.45) is 0 Å². The third-order valence-electron chi connectivity index (χ3n) is 3.12. The van der Waals surface area contributed by atoms with Crippen molar-refractivity contribution in [1.82, 2.24) is 4.57 Å². The van der Waals surface area contributed by atoms with Crippen LogP contribution in [-0.4, -0.2) is 28.0 Å². The minimum Gasteiger partial charge on any atom is -0.443 e. The molecule has 6 heteroatoms. The maximum Gasteiger partial charge on any atom is 0.509 e. The van der Waals surface area contributed by atoms with Gasteiger partial charge in [0.1, 0.15) is 17.8 Å². The molecule has 0 saturated carbocycles. The summed E-state index contributed by atoms with van der Waals surface area (Å²) in [6.07, 6.45) is 0.400. The Labute approximate surface area is 147 Å². The minimum absolute atomic E-state index is 0.00518. The quantitative estimate of drug-likeness (QED) is 0.725. The monoisotopic (exact) mass is 347 g/mol. The first kappa shape index (κ1) is 18.8. The Morgan fingerprint density at radius 3 is 2.16 bits per heavy atom. The Morgan fingerprint density at radius 2 is 1.56 bits per heavy atom. The van der Waals surface area contributed by atoms with Gasteiger partial charge in [0.05, 0.1) is 5.52 Å². The van der Waals surface area contributed by atoms with E-state index in [0.717, 1.165) is 5.39 Å². The second kappa shape index (κ2) is 6.78. The summed E-state index contributed by atoms with van der Waals surface area (Å²) < 4.78 is 17.2. The molecule has 6 nitrogen and oxygen atoms in total. The number of aromatic nitrogens is 1. The molecule has 0 N–H and O–H groups in total. The number of hydrogen-bond donors (Lipinski definition) is 0. The van der Waals surface area contributed by atoms with Crippen molar-refractivity contribution in [3.05, 3.63) is 36.0 Å². The lowest BCUT2D eigenvalue weighted by Gasteiger charge is -2.19. The zero-order valence-corrected chi connectivity index (χ0v) is 15.6. The molecule has 0 aliphatic heterocycles. The van der Waals surface area contributed by atoms with Crippen LogP contribution in [0.5, 0.6) is 0 Å². The van der Waals surface area contributed by atoms with Gasteiger partial charge < -0.3 is 14.2 Å². The maximum atomic E-state index is 12.4. The first-order valence-corrected chi connectivity index (χ1v) is 8.14. The van der Waals surface area contributed by atoms with E-state index < -0.39 is 23.5 Å². The van der Waals surface area contributed by atoms with Crippen LogP contribution in [0, 0.1) is 0 Å². The predicted molar refractivity (Wildman–Crippen MR) is 94.6 cm³/mol. The summed E-state index contributed by atoms with van der Waals surface area (Å²) in [5.74, 6) is 0. The molecule has 0 saturated heterocycles. The highest BCUT2D eigenvalue weighted by Gasteiger charge is 2.22. The average Bonchev–Trinajstić information content (AvgIpc) is 2.80. The Balaban J connectivity index is 2.24. The summed E-state index contributed by atoms with van der Waals surface area (Å²) in [5, 5.41) is 0.817. The number of para-hydroxylation sites is 1. The zero-order chi connectivity index (χ0) is 18.8. The topological polar surface area (TPSA) is 66.8 Å². The molecule has 2 rings (SSSR count). The highest BCUT2D eigenvalue weighted by molar-refractivity contribution is 5.92. The van der Waals surface area contributed by atoms with Crippen LogP contribution in [-0.2, 0) is 20.8 Å². The molecule has 25 heavy (non-hydrogen) atoms. The van der Waals surface area contributed by atoms with Crippen molar-refractivity contribution in [3.63, 3.8) is 0 Å². The third-order valence-corrected chi connectivity index (χ3v) is 3.12. The van der Waals surface area contributed by atoms with Crippen molar-refractivity contribution >= 4 is 23.2 Å². The fourth-order valence-electron chi connectivity index (χ4n) is 2.24. The fraction of sp³-hybridized carbons (Fsp3) is 0.474. The van der Waals surface area contributed by atoms with Gasteiger partial charge in [0.25, 0.3) is 0 Å². The molecule has 1 aromatic carbocycles. The number of rotatable bonds is 2. The Morgan fingerprint density at radius 1 is 0.960 bits per heavy atom. The molecule has 0 spiro atoms. The molecular formula is C19H25NO5. The highest BCUT2D eigenvalue weighted by atomic mass is 16.7. The number of carbonyl (C=O) groups excluding carboxylic acids is 2. The molecule has 136 valence electrons. The van der Waals surface area contributed by atoms with Gasteiger partial charge in [-0.05, 0) is 47.6 Å². The third kappa shape index (κ3) is 5.24. The number of benzene rings is 1. The smallest absolute Gasteiger partial charge is 0.443 e. The van der Waals surface area contributed by atoms with Gasteiger partial charge in [-0.2, -0.15) is 0 Å². The molecule has 1 heterocycles. The molecule has 0 bridgehead atoms. The predicted octanol–water partition coefficient (Wildman–Crippen LogP) is 4.88. The maximum absolute atomic E-state index is 12.4. The van der Waals surface area contributed by atoms with Crippen molar-refractivity contribution in [1.29, 1.82) is 0 Å². The number of nitrogens with zero attached hydrogens (tertiary/aromatic N) is 1. The fourth-order valence-corrected chi connectivity index (χ4v) is 2.24. The van der Waals surface area contributed by atoms with Crippen LogP contribution in [0.3, 0.4) is 0 Å². The van der Waals surface area contributed by atoms with E-state index in [1.807, 2.05) is 45.0 Å². The lowest BCUT2D eigenvalue weighted by Crippen LogP contribution is -2.26. The highest BCUT2D eigenvalue weighted by Crippen LogP contribution is 2.24. The van der Waals surface area contributed by atoms with Crippen molar-refractivity contribution in [2.45, 2.75) is 59.4 Å². The van der Waals surface area contributed by atoms with Crippen LogP contribution < -0.4 is 0 Å². The Kier molecular flexibility index (Phi) is 5.11. The van der Waals surface area contributed by atoms with E-state index in [2.05, 4.69) is 0 Å². The van der Waals surface area contributed by atoms with Gasteiger partial charge in [0.15, 0.2) is 0 Å². The molecule has 0 aliphatic rings. The van der Waals surface area contributed by atoms with Crippen LogP contribution >= 0.6 is 0 Å². The van der Waals surface area contributed by atoms with Gasteiger partial charge in [-0.3, -0.25) is 4.57 Å². The minimum atomic E-state index is -0.749. The van der Waals surface area contributed by atoms with E-state index in [1.165, 1.54) is 4.57 Å². The van der Waals surface area contributed by atoms with Crippen molar-refractivity contribution in [3.8, 4) is 0 Å². The molecule has 0 unspecified atom stereocenters. The lowest BCUT2D eigenvalue weighted by molar-refractivity contribution is -0.0106. The summed E-state index contributed by atoms with van der Waals surface area (Å²) in [5.41, 5.74) is 0.170. The molecule has 0 radical (unpaired) electrons. The molecule has 0 aliphatic carbocycles. The number of ether oxygens (including phenoxy) is 3. The molecular weight excluding hydrogens is 322 g/mol. The first-order chi connectivity index (χ1) is 11.5. The molecule has 2 aromatic rings. The van der Waals surface area contributed by atoms with Crippen LogP contribution in [0.15, 0.2) is 30.5 Å². The van der Waals surface area contributed by atoms with Gasteiger partial charge >= 0.3 is 12.2 Å². The van der Waals surface area contributed by atoms with Crippen molar-refractivity contribution in [2.75, 3.05) is 0 Å². The normalized spacial score (nSPS) is 12.1. The number of hydrogen-bond acceptors (Lipinski definition) is 5. The molecule has 0 amide bonds. The van der Waals surface area contributed by atoms with Crippen molar-refractivity contribution < 1.29 is 23.8 Å². The van der Waals surface area contributed by atoms with Gasteiger partial charge in [0, 0.05) is 17.1 Å². The summed E-state index contributed by atoms with van der Waals surface area (Å²) in [6.45, 7) is 10.7. The van der Waals surface area contributed by atoms with E-state index in [9.17, 15) is 9.59 Å². The van der Waals surface area contributed by atoms with E-state index in [1.54, 1.807) is 27.0 Å².